The lowest BCUT2D eigenvalue weighted by Crippen LogP contribution is -2.32. The molecule has 0 aromatic heterocycles. The molecule has 1 aromatic carbocycles. The Balaban J connectivity index is 1.94. The molecule has 0 spiro atoms. The molecule has 1 aliphatic carbocycles. The zero-order valence-corrected chi connectivity index (χ0v) is 17.2. The van der Waals surface area contributed by atoms with Crippen LogP contribution >= 0.6 is 0 Å². The van der Waals surface area contributed by atoms with Crippen molar-refractivity contribution in [1.82, 2.24) is 4.90 Å². The maximum Gasteiger partial charge on any atom is 0.306 e. The summed E-state index contributed by atoms with van der Waals surface area (Å²) in [6.07, 6.45) is 8.45. The van der Waals surface area contributed by atoms with Crippen LogP contribution in [0.15, 0.2) is 24.3 Å². The van der Waals surface area contributed by atoms with Crippen LogP contribution in [0.4, 0.5) is 0 Å². The molecule has 152 valence electrons. The standard InChI is InChI=1S/C20H31NO5S/c1-25-15-5-14-21(20(22)13-10-17-6-3-4-7-17)16-18-8-11-19(12-9-18)26-27(2,23)24/h8-9,11-12,17H,3-7,10,13-16H2,1-2H3. The SMILES string of the molecule is COCCCN(Cc1ccc(OS(C)(=O)=O)cc1)C(=O)CCC1CCCC1. The van der Waals surface area contributed by atoms with Crippen LogP contribution < -0.4 is 4.18 Å². The molecule has 2 rings (SSSR count). The summed E-state index contributed by atoms with van der Waals surface area (Å²) in [6.45, 7) is 1.78. The van der Waals surface area contributed by atoms with Crippen LogP contribution in [0, 0.1) is 5.92 Å². The summed E-state index contributed by atoms with van der Waals surface area (Å²) in [5.74, 6) is 1.15. The maximum atomic E-state index is 12.7. The molecule has 1 aliphatic rings. The number of amides is 1. The van der Waals surface area contributed by atoms with Gasteiger partial charge in [-0.1, -0.05) is 37.8 Å². The van der Waals surface area contributed by atoms with E-state index in [2.05, 4.69) is 0 Å². The van der Waals surface area contributed by atoms with Crippen molar-refractivity contribution in [2.75, 3.05) is 26.5 Å². The van der Waals surface area contributed by atoms with Crippen LogP contribution in [0.1, 0.15) is 50.5 Å². The van der Waals surface area contributed by atoms with E-state index in [1.807, 2.05) is 4.90 Å². The third kappa shape index (κ3) is 8.30. The molecular weight excluding hydrogens is 366 g/mol. The maximum absolute atomic E-state index is 12.7. The van der Waals surface area contributed by atoms with E-state index in [0.29, 0.717) is 32.0 Å². The van der Waals surface area contributed by atoms with Crippen LogP contribution in [0.25, 0.3) is 0 Å². The number of nitrogens with zero attached hydrogens (tertiary/aromatic N) is 1. The lowest BCUT2D eigenvalue weighted by molar-refractivity contribution is -0.132. The predicted molar refractivity (Wildman–Crippen MR) is 105 cm³/mol. The molecule has 1 amide bonds. The first-order chi connectivity index (χ1) is 12.9. The topological polar surface area (TPSA) is 72.9 Å². The zero-order chi connectivity index (χ0) is 19.7. The van der Waals surface area contributed by atoms with Crippen LogP contribution in [-0.2, 0) is 26.2 Å². The van der Waals surface area contributed by atoms with Gasteiger partial charge in [0, 0.05) is 33.2 Å². The van der Waals surface area contributed by atoms with Crippen molar-refractivity contribution < 1.29 is 22.1 Å². The lowest BCUT2D eigenvalue weighted by Gasteiger charge is -2.24. The van der Waals surface area contributed by atoms with Gasteiger partial charge in [-0.3, -0.25) is 4.79 Å². The van der Waals surface area contributed by atoms with Crippen molar-refractivity contribution in [2.24, 2.45) is 5.92 Å². The molecule has 27 heavy (non-hydrogen) atoms. The van der Waals surface area contributed by atoms with E-state index in [9.17, 15) is 13.2 Å². The second-order valence-corrected chi connectivity index (χ2v) is 8.86. The fourth-order valence-corrected chi connectivity index (χ4v) is 3.98. The molecule has 1 saturated carbocycles. The summed E-state index contributed by atoms with van der Waals surface area (Å²) in [5.41, 5.74) is 0.947. The average Bonchev–Trinajstić information content (AvgIpc) is 3.13. The van der Waals surface area contributed by atoms with E-state index in [0.717, 1.165) is 24.7 Å². The van der Waals surface area contributed by atoms with Crippen molar-refractivity contribution in [3.8, 4) is 5.75 Å². The van der Waals surface area contributed by atoms with E-state index in [-0.39, 0.29) is 11.7 Å². The number of hydrogen-bond acceptors (Lipinski definition) is 5. The van der Waals surface area contributed by atoms with E-state index in [1.165, 1.54) is 25.7 Å². The Kier molecular flexibility index (Phi) is 8.57. The smallest absolute Gasteiger partial charge is 0.306 e. The van der Waals surface area contributed by atoms with Crippen LogP contribution in [0.3, 0.4) is 0 Å². The summed E-state index contributed by atoms with van der Waals surface area (Å²) in [6, 6.07) is 6.83. The number of ether oxygens (including phenoxy) is 1. The third-order valence-electron chi connectivity index (χ3n) is 4.91. The van der Waals surface area contributed by atoms with Gasteiger partial charge < -0.3 is 13.8 Å². The highest BCUT2D eigenvalue weighted by molar-refractivity contribution is 7.86. The third-order valence-corrected chi connectivity index (χ3v) is 5.41. The minimum Gasteiger partial charge on any atom is -0.385 e. The van der Waals surface area contributed by atoms with Crippen LogP contribution in [0.5, 0.6) is 5.75 Å². The molecule has 0 saturated heterocycles. The van der Waals surface area contributed by atoms with Crippen molar-refractivity contribution in [1.29, 1.82) is 0 Å². The zero-order valence-electron chi connectivity index (χ0n) is 16.4. The number of carbonyl (C=O) groups is 1. The summed E-state index contributed by atoms with van der Waals surface area (Å²) >= 11 is 0. The van der Waals surface area contributed by atoms with Crippen LogP contribution in [0.2, 0.25) is 0 Å². The first-order valence-electron chi connectivity index (χ1n) is 9.62. The Bertz CT molecular complexity index is 681. The molecule has 1 aromatic rings. The first-order valence-corrected chi connectivity index (χ1v) is 11.4. The Morgan fingerprint density at radius 2 is 1.85 bits per heavy atom. The highest BCUT2D eigenvalue weighted by Gasteiger charge is 2.19. The minimum absolute atomic E-state index is 0.175. The van der Waals surface area contributed by atoms with E-state index >= 15 is 0 Å². The predicted octanol–water partition coefficient (Wildman–Crippen LogP) is 3.36. The molecule has 0 radical (unpaired) electrons. The van der Waals surface area contributed by atoms with Crippen molar-refractivity contribution in [3.05, 3.63) is 29.8 Å². The molecule has 0 atom stereocenters. The van der Waals surface area contributed by atoms with Gasteiger partial charge >= 0.3 is 10.1 Å². The average molecular weight is 398 g/mol. The summed E-state index contributed by atoms with van der Waals surface area (Å²) in [4.78, 5) is 14.6. The Hall–Kier alpha value is -1.60. The molecule has 0 unspecified atom stereocenters. The van der Waals surface area contributed by atoms with E-state index in [1.54, 1.807) is 31.4 Å². The van der Waals surface area contributed by atoms with Crippen molar-refractivity contribution >= 4 is 16.0 Å². The van der Waals surface area contributed by atoms with Gasteiger partial charge in [-0.2, -0.15) is 8.42 Å². The van der Waals surface area contributed by atoms with Gasteiger partial charge in [0.15, 0.2) is 0 Å². The van der Waals surface area contributed by atoms with Gasteiger partial charge in [-0.05, 0) is 36.5 Å². The van der Waals surface area contributed by atoms with Gasteiger partial charge in [-0.15, -0.1) is 0 Å². The second kappa shape index (κ2) is 10.7. The summed E-state index contributed by atoms with van der Waals surface area (Å²) < 4.78 is 32.4. The molecule has 0 bridgehead atoms. The van der Waals surface area contributed by atoms with Gasteiger partial charge in [0.05, 0.1) is 6.26 Å². The number of rotatable bonds is 11. The first kappa shape index (κ1) is 21.7. The van der Waals surface area contributed by atoms with Gasteiger partial charge in [0.1, 0.15) is 5.75 Å². The monoisotopic (exact) mass is 397 g/mol. The molecule has 6 nitrogen and oxygen atoms in total. The number of carbonyl (C=O) groups excluding carboxylic acids is 1. The van der Waals surface area contributed by atoms with E-state index < -0.39 is 10.1 Å². The highest BCUT2D eigenvalue weighted by atomic mass is 32.2. The number of benzene rings is 1. The normalized spacial score (nSPS) is 15.0. The van der Waals surface area contributed by atoms with Crippen molar-refractivity contribution in [2.45, 2.75) is 51.5 Å². The molecule has 0 heterocycles. The quantitative estimate of drug-likeness (QED) is 0.423. The van der Waals surface area contributed by atoms with E-state index in [4.69, 9.17) is 8.92 Å². The molecule has 1 fully saturated rings. The Labute approximate surface area is 163 Å². The fraction of sp³-hybridized carbons (Fsp3) is 0.650. The van der Waals surface area contributed by atoms with Crippen LogP contribution in [-0.4, -0.2) is 45.7 Å². The largest absolute Gasteiger partial charge is 0.385 e. The number of hydrogen-bond donors (Lipinski definition) is 0. The Morgan fingerprint density at radius 3 is 2.44 bits per heavy atom. The van der Waals surface area contributed by atoms with Gasteiger partial charge in [-0.25, -0.2) is 0 Å². The second-order valence-electron chi connectivity index (χ2n) is 7.28. The molecule has 0 aliphatic heterocycles. The number of methoxy groups -OCH3 is 1. The molecular formula is C20H31NO5S. The minimum atomic E-state index is -3.54. The van der Waals surface area contributed by atoms with Gasteiger partial charge in [0.25, 0.3) is 0 Å². The molecule has 0 N–H and O–H groups in total. The Morgan fingerprint density at radius 1 is 1.19 bits per heavy atom. The lowest BCUT2D eigenvalue weighted by atomic mass is 10.0. The summed E-state index contributed by atoms with van der Waals surface area (Å²) in [7, 11) is -1.88. The summed E-state index contributed by atoms with van der Waals surface area (Å²) in [5, 5.41) is 0. The molecule has 7 heteroatoms. The van der Waals surface area contributed by atoms with Crippen molar-refractivity contribution in [3.63, 3.8) is 0 Å². The van der Waals surface area contributed by atoms with Gasteiger partial charge in [0.2, 0.25) is 5.91 Å². The fourth-order valence-electron chi connectivity index (χ4n) is 3.52. The highest BCUT2D eigenvalue weighted by Crippen LogP contribution is 2.28.